The minimum absolute atomic E-state index is 0.0567. The summed E-state index contributed by atoms with van der Waals surface area (Å²) >= 11 is 0. The SMILES string of the molecule is COCCN(CC1CN(C(=O)c2ccccc2)CCO1)C(=O)c1cccc(F)c1. The van der Waals surface area contributed by atoms with Crippen LogP contribution in [0, 0.1) is 5.82 Å². The Morgan fingerprint density at radius 1 is 1.17 bits per heavy atom. The summed E-state index contributed by atoms with van der Waals surface area (Å²) in [5.41, 5.74) is 0.898. The first-order chi connectivity index (χ1) is 14.1. The standard InChI is InChI=1S/C22H25FN2O4/c1-28-12-10-24(22(27)18-8-5-9-19(23)14-18)15-20-16-25(11-13-29-20)21(26)17-6-3-2-4-7-17/h2-9,14,20H,10-13,15-16H2,1H3. The van der Waals surface area contributed by atoms with Crippen molar-refractivity contribution in [1.29, 1.82) is 0 Å². The maximum atomic E-state index is 13.5. The van der Waals surface area contributed by atoms with Crippen LogP contribution in [0.3, 0.4) is 0 Å². The van der Waals surface area contributed by atoms with Crippen LogP contribution in [0.4, 0.5) is 4.39 Å². The first kappa shape index (κ1) is 21.0. The van der Waals surface area contributed by atoms with Gasteiger partial charge in [0.15, 0.2) is 0 Å². The topological polar surface area (TPSA) is 59.1 Å². The smallest absolute Gasteiger partial charge is 0.254 e. The van der Waals surface area contributed by atoms with Crippen LogP contribution in [0.5, 0.6) is 0 Å². The number of ether oxygens (including phenoxy) is 2. The van der Waals surface area contributed by atoms with Crippen LogP contribution >= 0.6 is 0 Å². The maximum absolute atomic E-state index is 13.5. The van der Waals surface area contributed by atoms with E-state index in [1.165, 1.54) is 18.2 Å². The number of rotatable bonds is 7. The summed E-state index contributed by atoms with van der Waals surface area (Å²) in [6, 6.07) is 14.7. The summed E-state index contributed by atoms with van der Waals surface area (Å²) in [4.78, 5) is 28.9. The van der Waals surface area contributed by atoms with Gasteiger partial charge in [-0.25, -0.2) is 4.39 Å². The first-order valence-electron chi connectivity index (χ1n) is 9.58. The van der Waals surface area contributed by atoms with Gasteiger partial charge in [0.2, 0.25) is 0 Å². The van der Waals surface area contributed by atoms with E-state index in [1.54, 1.807) is 35.1 Å². The van der Waals surface area contributed by atoms with Crippen molar-refractivity contribution in [2.45, 2.75) is 6.10 Å². The van der Waals surface area contributed by atoms with Gasteiger partial charge < -0.3 is 19.3 Å². The lowest BCUT2D eigenvalue weighted by atomic mass is 10.1. The minimum atomic E-state index is -0.462. The Bertz CT molecular complexity index is 831. The van der Waals surface area contributed by atoms with Gasteiger partial charge in [0.1, 0.15) is 5.82 Å². The molecule has 29 heavy (non-hydrogen) atoms. The van der Waals surface area contributed by atoms with E-state index in [9.17, 15) is 14.0 Å². The fraction of sp³-hybridized carbons (Fsp3) is 0.364. The average Bonchev–Trinajstić information content (AvgIpc) is 2.76. The highest BCUT2D eigenvalue weighted by Gasteiger charge is 2.28. The van der Waals surface area contributed by atoms with E-state index in [-0.39, 0.29) is 30.0 Å². The third kappa shape index (κ3) is 5.62. The van der Waals surface area contributed by atoms with Crippen LogP contribution in [-0.4, -0.2) is 74.2 Å². The number of nitrogens with zero attached hydrogens (tertiary/aromatic N) is 2. The summed E-state index contributed by atoms with van der Waals surface area (Å²) in [5, 5.41) is 0. The highest BCUT2D eigenvalue weighted by Crippen LogP contribution is 2.14. The lowest BCUT2D eigenvalue weighted by Gasteiger charge is -2.36. The molecule has 6 nitrogen and oxygen atoms in total. The number of benzene rings is 2. The van der Waals surface area contributed by atoms with E-state index in [0.717, 1.165) is 0 Å². The molecule has 2 amide bonds. The molecule has 7 heteroatoms. The van der Waals surface area contributed by atoms with Crippen LogP contribution in [0.15, 0.2) is 54.6 Å². The summed E-state index contributed by atoms with van der Waals surface area (Å²) in [7, 11) is 1.56. The molecule has 0 aliphatic carbocycles. The highest BCUT2D eigenvalue weighted by molar-refractivity contribution is 5.95. The number of amides is 2. The molecular weight excluding hydrogens is 375 g/mol. The lowest BCUT2D eigenvalue weighted by molar-refractivity contribution is -0.0347. The van der Waals surface area contributed by atoms with Crippen LogP contribution in [-0.2, 0) is 9.47 Å². The van der Waals surface area contributed by atoms with Crippen LogP contribution in [0.1, 0.15) is 20.7 Å². The summed E-state index contributed by atoms with van der Waals surface area (Å²) in [6.07, 6.45) is -0.328. The molecule has 1 atom stereocenters. The third-order valence-electron chi connectivity index (χ3n) is 4.79. The Labute approximate surface area is 169 Å². The molecule has 2 aromatic carbocycles. The summed E-state index contributed by atoms with van der Waals surface area (Å²) in [5.74, 6) is -0.813. The van der Waals surface area contributed by atoms with Crippen LogP contribution < -0.4 is 0 Å². The molecule has 3 rings (SSSR count). The fourth-order valence-corrected chi connectivity index (χ4v) is 3.30. The van der Waals surface area contributed by atoms with Crippen molar-refractivity contribution in [3.8, 4) is 0 Å². The predicted molar refractivity (Wildman–Crippen MR) is 106 cm³/mol. The molecule has 1 saturated heterocycles. The molecule has 2 aromatic rings. The second-order valence-corrected chi connectivity index (χ2v) is 6.86. The molecule has 1 aliphatic heterocycles. The molecule has 0 N–H and O–H groups in total. The molecule has 1 aliphatic rings. The normalized spacial score (nSPS) is 16.5. The number of hydrogen-bond acceptors (Lipinski definition) is 4. The Morgan fingerprint density at radius 3 is 2.66 bits per heavy atom. The van der Waals surface area contributed by atoms with Crippen molar-refractivity contribution in [2.75, 3.05) is 46.5 Å². The minimum Gasteiger partial charge on any atom is -0.383 e. The summed E-state index contributed by atoms with van der Waals surface area (Å²) < 4.78 is 24.5. The number of morpholine rings is 1. The molecule has 0 bridgehead atoms. The Hall–Kier alpha value is -2.77. The Kier molecular flexibility index (Phi) is 7.32. The third-order valence-corrected chi connectivity index (χ3v) is 4.79. The zero-order chi connectivity index (χ0) is 20.6. The van der Waals surface area contributed by atoms with E-state index in [1.807, 2.05) is 18.2 Å². The monoisotopic (exact) mass is 400 g/mol. The Balaban J connectivity index is 1.68. The van der Waals surface area contributed by atoms with Gasteiger partial charge in [0, 0.05) is 44.4 Å². The zero-order valence-electron chi connectivity index (χ0n) is 16.4. The fourth-order valence-electron chi connectivity index (χ4n) is 3.30. The van der Waals surface area contributed by atoms with Gasteiger partial charge >= 0.3 is 0 Å². The van der Waals surface area contributed by atoms with Crippen molar-refractivity contribution < 1.29 is 23.5 Å². The maximum Gasteiger partial charge on any atom is 0.254 e. The van der Waals surface area contributed by atoms with Gasteiger partial charge in [-0.3, -0.25) is 9.59 Å². The average molecular weight is 400 g/mol. The quantitative estimate of drug-likeness (QED) is 0.717. The number of carbonyl (C=O) groups excluding carboxylic acids is 2. The van der Waals surface area contributed by atoms with Crippen molar-refractivity contribution in [3.05, 3.63) is 71.5 Å². The highest BCUT2D eigenvalue weighted by atomic mass is 19.1. The van der Waals surface area contributed by atoms with Crippen LogP contribution in [0.2, 0.25) is 0 Å². The molecule has 1 heterocycles. The molecule has 0 radical (unpaired) electrons. The van der Waals surface area contributed by atoms with E-state index in [4.69, 9.17) is 9.47 Å². The molecular formula is C22H25FN2O4. The molecule has 0 aromatic heterocycles. The molecule has 154 valence electrons. The van der Waals surface area contributed by atoms with Gasteiger partial charge in [0.25, 0.3) is 11.8 Å². The molecule has 1 fully saturated rings. The van der Waals surface area contributed by atoms with Gasteiger partial charge in [-0.15, -0.1) is 0 Å². The molecule has 0 spiro atoms. The number of carbonyl (C=O) groups is 2. The van der Waals surface area contributed by atoms with Gasteiger partial charge in [0.05, 0.1) is 19.3 Å². The van der Waals surface area contributed by atoms with Crippen molar-refractivity contribution in [2.24, 2.45) is 0 Å². The second-order valence-electron chi connectivity index (χ2n) is 6.86. The van der Waals surface area contributed by atoms with E-state index < -0.39 is 5.82 Å². The predicted octanol–water partition coefficient (Wildman–Crippen LogP) is 2.46. The largest absolute Gasteiger partial charge is 0.383 e. The van der Waals surface area contributed by atoms with Crippen molar-refractivity contribution in [3.63, 3.8) is 0 Å². The van der Waals surface area contributed by atoms with E-state index in [0.29, 0.717) is 38.4 Å². The van der Waals surface area contributed by atoms with Gasteiger partial charge in [-0.05, 0) is 30.3 Å². The second kappa shape index (κ2) is 10.1. The van der Waals surface area contributed by atoms with Crippen LogP contribution in [0.25, 0.3) is 0 Å². The van der Waals surface area contributed by atoms with E-state index in [2.05, 4.69) is 0 Å². The Morgan fingerprint density at radius 2 is 1.93 bits per heavy atom. The zero-order valence-corrected chi connectivity index (χ0v) is 16.4. The van der Waals surface area contributed by atoms with E-state index >= 15 is 0 Å². The number of halogens is 1. The van der Waals surface area contributed by atoms with Crippen molar-refractivity contribution >= 4 is 11.8 Å². The molecule has 0 saturated carbocycles. The lowest BCUT2D eigenvalue weighted by Crippen LogP contribution is -2.51. The molecule has 1 unspecified atom stereocenters. The summed E-state index contributed by atoms with van der Waals surface area (Å²) in [6.45, 7) is 2.26. The van der Waals surface area contributed by atoms with Gasteiger partial charge in [-0.2, -0.15) is 0 Å². The first-order valence-corrected chi connectivity index (χ1v) is 9.58. The number of hydrogen-bond donors (Lipinski definition) is 0. The number of methoxy groups -OCH3 is 1. The van der Waals surface area contributed by atoms with Gasteiger partial charge in [-0.1, -0.05) is 24.3 Å². The van der Waals surface area contributed by atoms with Crippen molar-refractivity contribution in [1.82, 2.24) is 9.80 Å².